The molecule has 3 aromatic carbocycles. The van der Waals surface area contributed by atoms with Gasteiger partial charge in [0, 0.05) is 24.5 Å². The van der Waals surface area contributed by atoms with Gasteiger partial charge in [-0.05, 0) is 82.5 Å². The summed E-state index contributed by atoms with van der Waals surface area (Å²) in [6.07, 6.45) is -1.96. The Morgan fingerprint density at radius 1 is 0.711 bits per heavy atom. The van der Waals surface area contributed by atoms with Gasteiger partial charge in [0.15, 0.2) is 0 Å². The second kappa shape index (κ2) is 13.9. The van der Waals surface area contributed by atoms with Crippen LogP contribution in [0.4, 0.5) is 24.5 Å². The highest BCUT2D eigenvalue weighted by Crippen LogP contribution is 2.44. The molecular weight excluding hydrogens is 564 g/mol. The number of benzene rings is 3. The highest BCUT2D eigenvalue weighted by atomic mass is 19.4. The lowest BCUT2D eigenvalue weighted by Gasteiger charge is -2.37. The van der Waals surface area contributed by atoms with Crippen molar-refractivity contribution in [2.24, 2.45) is 0 Å². The van der Waals surface area contributed by atoms with Crippen LogP contribution < -0.4 is 9.62 Å². The minimum atomic E-state index is -4.38. The molecule has 0 amide bonds. The first-order valence-corrected chi connectivity index (χ1v) is 16.5. The van der Waals surface area contributed by atoms with Crippen molar-refractivity contribution in [1.82, 2.24) is 0 Å². The third-order valence-electron chi connectivity index (χ3n) is 9.20. The van der Waals surface area contributed by atoms with Crippen LogP contribution in [-0.2, 0) is 6.18 Å². The van der Waals surface area contributed by atoms with Gasteiger partial charge in [-0.3, -0.25) is 0 Å². The van der Waals surface area contributed by atoms with Gasteiger partial charge in [0.1, 0.15) is 0 Å². The molecule has 0 radical (unpaired) electrons. The molecule has 0 N–H and O–H groups in total. The van der Waals surface area contributed by atoms with Crippen LogP contribution in [0.15, 0.2) is 78.8 Å². The Morgan fingerprint density at radius 2 is 1.09 bits per heavy atom. The second-order valence-corrected chi connectivity index (χ2v) is 13.7. The van der Waals surface area contributed by atoms with Gasteiger partial charge >= 0.3 is 13.2 Å². The molecule has 1 heterocycles. The van der Waals surface area contributed by atoms with Crippen molar-refractivity contribution in [3.05, 3.63) is 112 Å². The van der Waals surface area contributed by atoms with E-state index in [1.165, 1.54) is 45.8 Å². The molecule has 6 heteroatoms. The van der Waals surface area contributed by atoms with Crippen LogP contribution in [0, 0.1) is 0 Å². The van der Waals surface area contributed by atoms with E-state index in [4.69, 9.17) is 0 Å². The molecule has 4 rings (SSSR count). The minimum absolute atomic E-state index is 0.128. The van der Waals surface area contributed by atoms with E-state index in [0.29, 0.717) is 30.1 Å². The molecule has 1 aliphatic heterocycles. The van der Waals surface area contributed by atoms with Crippen molar-refractivity contribution in [1.29, 1.82) is 0 Å². The van der Waals surface area contributed by atoms with Crippen molar-refractivity contribution in [3.63, 3.8) is 0 Å². The first-order chi connectivity index (χ1) is 21.2. The van der Waals surface area contributed by atoms with E-state index in [-0.39, 0.29) is 6.98 Å². The van der Waals surface area contributed by atoms with Crippen LogP contribution >= 0.6 is 0 Å². The largest absolute Gasteiger partial charge is 0.416 e. The molecule has 0 bridgehead atoms. The summed E-state index contributed by atoms with van der Waals surface area (Å²) < 4.78 is 40.6. The standard InChI is InChI=1S/C39H50BF3N2/c1-11-14-36(30-19-21-31(22-20-30)39(41,42)43)29(10)40-44(37-32(25(2)3)15-12-16-33(37)26(4)5)23-24-45(40)38-34(27(6)7)17-13-18-35(38)28(8)9/h11-13,15-22,25-28H,1,14,23-24H2,2-10H3/b36-29+. The molecule has 1 saturated heterocycles. The molecule has 0 atom stereocenters. The molecule has 0 spiro atoms. The number of halogens is 3. The van der Waals surface area contributed by atoms with Crippen LogP contribution in [0.25, 0.3) is 5.57 Å². The lowest BCUT2D eigenvalue weighted by atomic mass is 9.61. The average Bonchev–Trinajstić information content (AvgIpc) is 3.42. The molecular formula is C39H50BF3N2. The number of alkyl halides is 3. The van der Waals surface area contributed by atoms with Gasteiger partial charge in [-0.2, -0.15) is 13.2 Å². The molecule has 0 aliphatic carbocycles. The fourth-order valence-corrected chi connectivity index (χ4v) is 6.92. The summed E-state index contributed by atoms with van der Waals surface area (Å²) in [5.74, 6) is 1.31. The Kier molecular flexibility index (Phi) is 10.7. The molecule has 0 unspecified atom stereocenters. The van der Waals surface area contributed by atoms with E-state index < -0.39 is 11.7 Å². The molecule has 0 aromatic heterocycles. The van der Waals surface area contributed by atoms with Gasteiger partial charge in [0.05, 0.1) is 5.56 Å². The maximum absolute atomic E-state index is 13.5. The van der Waals surface area contributed by atoms with Crippen molar-refractivity contribution < 1.29 is 13.2 Å². The summed E-state index contributed by atoms with van der Waals surface area (Å²) in [4.78, 5) is 5.16. The van der Waals surface area contributed by atoms with Crippen molar-refractivity contribution >= 4 is 23.9 Å². The van der Waals surface area contributed by atoms with Crippen LogP contribution in [0.3, 0.4) is 0 Å². The zero-order valence-corrected chi connectivity index (χ0v) is 28.6. The van der Waals surface area contributed by atoms with Crippen LogP contribution in [0.2, 0.25) is 0 Å². The Morgan fingerprint density at radius 3 is 1.40 bits per heavy atom. The van der Waals surface area contributed by atoms with Crippen LogP contribution in [0.1, 0.15) is 126 Å². The summed E-state index contributed by atoms with van der Waals surface area (Å²) in [6.45, 7) is 25.8. The van der Waals surface area contributed by atoms with E-state index in [9.17, 15) is 13.2 Å². The highest BCUT2D eigenvalue weighted by Gasteiger charge is 2.43. The zero-order chi connectivity index (χ0) is 33.2. The Balaban J connectivity index is 2.05. The number of allylic oxidation sites excluding steroid dienone is 3. The SMILES string of the molecule is C=CC/C(=C(/C)B1N(c2c(C(C)C)cccc2C(C)C)CCN1c1c(C(C)C)cccc1C(C)C)c1ccc(C(F)(F)F)cc1. The van der Waals surface area contributed by atoms with Crippen molar-refractivity contribution in [2.75, 3.05) is 22.7 Å². The van der Waals surface area contributed by atoms with Crippen molar-refractivity contribution in [3.8, 4) is 0 Å². The monoisotopic (exact) mass is 614 g/mol. The first-order valence-electron chi connectivity index (χ1n) is 16.5. The van der Waals surface area contributed by atoms with Gasteiger partial charge in [-0.15, -0.1) is 6.58 Å². The Labute approximate surface area is 270 Å². The summed E-state index contributed by atoms with van der Waals surface area (Å²) in [5, 5.41) is 0. The van der Waals surface area contributed by atoms with E-state index in [2.05, 4.69) is 115 Å². The van der Waals surface area contributed by atoms with E-state index in [0.717, 1.165) is 29.7 Å². The summed E-state index contributed by atoms with van der Waals surface area (Å²) in [6, 6.07) is 19.0. The summed E-state index contributed by atoms with van der Waals surface area (Å²) in [7, 11) is 0. The van der Waals surface area contributed by atoms with Gasteiger partial charge in [-0.1, -0.05) is 115 Å². The van der Waals surface area contributed by atoms with Gasteiger partial charge < -0.3 is 9.62 Å². The molecule has 1 aliphatic rings. The molecule has 1 fully saturated rings. The predicted octanol–water partition coefficient (Wildman–Crippen LogP) is 11.6. The summed E-state index contributed by atoms with van der Waals surface area (Å²) in [5.41, 5.74) is 10.2. The molecule has 3 aromatic rings. The van der Waals surface area contributed by atoms with Crippen LogP contribution in [0.5, 0.6) is 0 Å². The molecule has 45 heavy (non-hydrogen) atoms. The first kappa shape index (κ1) is 34.5. The van der Waals surface area contributed by atoms with Crippen LogP contribution in [-0.4, -0.2) is 20.1 Å². The fraction of sp³-hybridized carbons (Fsp3) is 0.436. The van der Waals surface area contributed by atoms with Gasteiger partial charge in [-0.25, -0.2) is 0 Å². The highest BCUT2D eigenvalue weighted by molar-refractivity contribution is 6.76. The number of para-hydroxylation sites is 2. The van der Waals surface area contributed by atoms with E-state index in [1.54, 1.807) is 12.1 Å². The normalized spacial score (nSPS) is 14.8. The molecule has 2 nitrogen and oxygen atoms in total. The molecule has 0 saturated carbocycles. The zero-order valence-electron chi connectivity index (χ0n) is 28.6. The van der Waals surface area contributed by atoms with Gasteiger partial charge in [0.2, 0.25) is 0 Å². The average molecular weight is 615 g/mol. The smallest absolute Gasteiger partial charge is 0.390 e. The number of hydrogen-bond acceptors (Lipinski definition) is 2. The van der Waals surface area contributed by atoms with E-state index in [1.807, 2.05) is 6.08 Å². The summed E-state index contributed by atoms with van der Waals surface area (Å²) >= 11 is 0. The maximum Gasteiger partial charge on any atom is 0.416 e. The number of nitrogens with zero attached hydrogens (tertiary/aromatic N) is 2. The maximum atomic E-state index is 13.5. The quantitative estimate of drug-likeness (QED) is 0.166. The Bertz CT molecular complexity index is 1390. The number of anilines is 2. The molecule has 240 valence electrons. The predicted molar refractivity (Wildman–Crippen MR) is 189 cm³/mol. The third kappa shape index (κ3) is 7.05. The topological polar surface area (TPSA) is 6.48 Å². The number of rotatable bonds is 10. The minimum Gasteiger partial charge on any atom is -0.390 e. The third-order valence-corrected chi connectivity index (χ3v) is 9.20. The van der Waals surface area contributed by atoms with E-state index >= 15 is 0 Å². The second-order valence-electron chi connectivity index (χ2n) is 13.7. The number of hydrogen-bond donors (Lipinski definition) is 0. The van der Waals surface area contributed by atoms with Crippen molar-refractivity contribution in [2.45, 2.75) is 98.6 Å². The van der Waals surface area contributed by atoms with Gasteiger partial charge in [0.25, 0.3) is 0 Å². The lowest BCUT2D eigenvalue weighted by Crippen LogP contribution is -2.47. The Hall–Kier alpha value is -3.41. The fourth-order valence-electron chi connectivity index (χ4n) is 6.92. The lowest BCUT2D eigenvalue weighted by molar-refractivity contribution is -0.137.